The van der Waals surface area contributed by atoms with Gasteiger partial charge in [-0.2, -0.15) is 0 Å². The minimum Gasteiger partial charge on any atom is -0.328 e. The number of nitrogens with one attached hydrogen (secondary N) is 1. The van der Waals surface area contributed by atoms with E-state index in [9.17, 15) is 0 Å². The molecule has 0 aromatic rings. The molecule has 2 rings (SSSR count). The van der Waals surface area contributed by atoms with E-state index in [1.54, 1.807) is 0 Å². The summed E-state index contributed by atoms with van der Waals surface area (Å²) in [6.45, 7) is 4.58. The van der Waals surface area contributed by atoms with Crippen molar-refractivity contribution in [1.29, 1.82) is 0 Å². The number of nitrogens with two attached hydrogens (primary N) is 1. The van der Waals surface area contributed by atoms with E-state index in [4.69, 9.17) is 5.73 Å². The van der Waals surface area contributed by atoms with Crippen LogP contribution in [0.3, 0.4) is 0 Å². The van der Waals surface area contributed by atoms with E-state index < -0.39 is 0 Å². The van der Waals surface area contributed by atoms with Crippen LogP contribution in [0, 0.1) is 11.3 Å². The number of hydrogen-bond acceptors (Lipinski definition) is 2. The van der Waals surface area contributed by atoms with Crippen molar-refractivity contribution in [2.45, 2.75) is 32.2 Å². The van der Waals surface area contributed by atoms with Gasteiger partial charge in [-0.15, -0.1) is 0 Å². The standard InChI is InChI=1S/C9H18N2/c1-7(10)8-6-9(8)2-4-11-5-3-9/h7-8,11H,2-6,10H2,1H3. The van der Waals surface area contributed by atoms with Gasteiger partial charge < -0.3 is 11.1 Å². The molecule has 0 radical (unpaired) electrons. The van der Waals surface area contributed by atoms with Crippen molar-refractivity contribution in [2.24, 2.45) is 17.1 Å². The van der Waals surface area contributed by atoms with Gasteiger partial charge in [-0.05, 0) is 50.6 Å². The lowest BCUT2D eigenvalue weighted by molar-refractivity contribution is 0.311. The first-order valence-electron chi connectivity index (χ1n) is 4.71. The smallest absolute Gasteiger partial charge is 0.00442 e. The van der Waals surface area contributed by atoms with Crippen molar-refractivity contribution in [3.63, 3.8) is 0 Å². The van der Waals surface area contributed by atoms with Crippen molar-refractivity contribution in [2.75, 3.05) is 13.1 Å². The Bertz CT molecular complexity index is 148. The first-order chi connectivity index (χ1) is 5.25. The third kappa shape index (κ3) is 1.18. The molecule has 2 heteroatoms. The molecule has 2 aliphatic rings. The molecule has 0 bridgehead atoms. The van der Waals surface area contributed by atoms with E-state index in [2.05, 4.69) is 12.2 Å². The second kappa shape index (κ2) is 2.46. The topological polar surface area (TPSA) is 38.0 Å². The average molecular weight is 154 g/mol. The van der Waals surface area contributed by atoms with Gasteiger partial charge in [0.25, 0.3) is 0 Å². The first-order valence-corrected chi connectivity index (χ1v) is 4.71. The van der Waals surface area contributed by atoms with Gasteiger partial charge in [-0.25, -0.2) is 0 Å². The van der Waals surface area contributed by atoms with Crippen molar-refractivity contribution >= 4 is 0 Å². The van der Waals surface area contributed by atoms with Crippen LogP contribution in [0.5, 0.6) is 0 Å². The van der Waals surface area contributed by atoms with Gasteiger partial charge in [-0.3, -0.25) is 0 Å². The molecule has 1 saturated heterocycles. The van der Waals surface area contributed by atoms with Gasteiger partial charge in [-0.1, -0.05) is 0 Å². The maximum absolute atomic E-state index is 5.88. The van der Waals surface area contributed by atoms with E-state index in [1.165, 1.54) is 32.4 Å². The highest BCUT2D eigenvalue weighted by molar-refractivity contribution is 5.07. The predicted octanol–water partition coefficient (Wildman–Crippen LogP) is 0.723. The number of hydrogen-bond donors (Lipinski definition) is 2. The molecule has 1 aliphatic carbocycles. The molecule has 3 N–H and O–H groups in total. The Kier molecular flexibility index (Phi) is 1.69. The van der Waals surface area contributed by atoms with Gasteiger partial charge in [0.1, 0.15) is 0 Å². The third-order valence-electron chi connectivity index (χ3n) is 3.49. The largest absolute Gasteiger partial charge is 0.328 e. The SMILES string of the molecule is CC(N)C1CC12CCNCC2. The fourth-order valence-electron chi connectivity index (χ4n) is 2.62. The Hall–Kier alpha value is -0.0800. The Labute approximate surface area is 68.5 Å². The molecule has 64 valence electrons. The molecule has 1 heterocycles. The Balaban J connectivity index is 1.93. The molecular weight excluding hydrogens is 136 g/mol. The summed E-state index contributed by atoms with van der Waals surface area (Å²) in [7, 11) is 0. The lowest BCUT2D eigenvalue weighted by Gasteiger charge is -2.24. The summed E-state index contributed by atoms with van der Waals surface area (Å²) in [6.07, 6.45) is 4.12. The molecule has 0 aromatic heterocycles. The summed E-state index contributed by atoms with van der Waals surface area (Å²) in [4.78, 5) is 0. The maximum Gasteiger partial charge on any atom is 0.00442 e. The van der Waals surface area contributed by atoms with E-state index in [0.717, 1.165) is 5.92 Å². The van der Waals surface area contributed by atoms with Crippen molar-refractivity contribution in [1.82, 2.24) is 5.32 Å². The van der Waals surface area contributed by atoms with E-state index >= 15 is 0 Å². The second-order valence-corrected chi connectivity index (χ2v) is 4.28. The molecule has 0 aromatic carbocycles. The maximum atomic E-state index is 5.88. The predicted molar refractivity (Wildman–Crippen MR) is 46.3 cm³/mol. The van der Waals surface area contributed by atoms with Crippen LogP contribution in [0.4, 0.5) is 0 Å². The van der Waals surface area contributed by atoms with Crippen LogP contribution in [0.15, 0.2) is 0 Å². The van der Waals surface area contributed by atoms with Gasteiger partial charge in [0.15, 0.2) is 0 Å². The first kappa shape index (κ1) is 7.56. The zero-order chi connectivity index (χ0) is 7.90. The van der Waals surface area contributed by atoms with E-state index in [-0.39, 0.29) is 0 Å². The molecule has 2 nitrogen and oxygen atoms in total. The minimum atomic E-state index is 0.424. The molecule has 11 heavy (non-hydrogen) atoms. The van der Waals surface area contributed by atoms with Crippen LogP contribution in [-0.2, 0) is 0 Å². The van der Waals surface area contributed by atoms with Gasteiger partial charge in [0.2, 0.25) is 0 Å². The average Bonchev–Trinajstić information content (AvgIpc) is 2.66. The van der Waals surface area contributed by atoms with Gasteiger partial charge in [0.05, 0.1) is 0 Å². The lowest BCUT2D eigenvalue weighted by Crippen LogP contribution is -2.32. The molecule has 1 aliphatic heterocycles. The second-order valence-electron chi connectivity index (χ2n) is 4.28. The molecule has 1 saturated carbocycles. The van der Waals surface area contributed by atoms with Crippen LogP contribution in [-0.4, -0.2) is 19.1 Å². The lowest BCUT2D eigenvalue weighted by atomic mass is 9.90. The highest BCUT2D eigenvalue weighted by Crippen LogP contribution is 2.59. The summed E-state index contributed by atoms with van der Waals surface area (Å²) >= 11 is 0. The Morgan fingerprint density at radius 1 is 1.45 bits per heavy atom. The summed E-state index contributed by atoms with van der Waals surface area (Å²) in [6, 6.07) is 0.424. The molecule has 2 unspecified atom stereocenters. The van der Waals surface area contributed by atoms with Crippen LogP contribution in [0.25, 0.3) is 0 Å². The van der Waals surface area contributed by atoms with Crippen molar-refractivity contribution < 1.29 is 0 Å². The number of rotatable bonds is 1. The van der Waals surface area contributed by atoms with Crippen LogP contribution in [0.2, 0.25) is 0 Å². The van der Waals surface area contributed by atoms with Crippen molar-refractivity contribution in [3.05, 3.63) is 0 Å². The zero-order valence-electron chi connectivity index (χ0n) is 7.27. The molecule has 2 fully saturated rings. The molecular formula is C9H18N2. The molecule has 2 atom stereocenters. The zero-order valence-corrected chi connectivity index (χ0v) is 7.27. The third-order valence-corrected chi connectivity index (χ3v) is 3.49. The highest BCUT2D eigenvalue weighted by atomic mass is 14.9. The van der Waals surface area contributed by atoms with Gasteiger partial charge in [0, 0.05) is 6.04 Å². The normalized spacial score (nSPS) is 37.1. The number of piperidine rings is 1. The Morgan fingerprint density at radius 3 is 2.55 bits per heavy atom. The van der Waals surface area contributed by atoms with Crippen LogP contribution in [0.1, 0.15) is 26.2 Å². The summed E-state index contributed by atoms with van der Waals surface area (Å²) < 4.78 is 0. The molecule has 0 amide bonds. The van der Waals surface area contributed by atoms with E-state index in [0.29, 0.717) is 11.5 Å². The van der Waals surface area contributed by atoms with Crippen molar-refractivity contribution in [3.8, 4) is 0 Å². The van der Waals surface area contributed by atoms with E-state index in [1.807, 2.05) is 0 Å². The van der Waals surface area contributed by atoms with Crippen LogP contribution >= 0.6 is 0 Å². The molecule has 1 spiro atoms. The summed E-state index contributed by atoms with van der Waals surface area (Å²) in [5.41, 5.74) is 6.56. The minimum absolute atomic E-state index is 0.424. The quantitative estimate of drug-likeness (QED) is 0.584. The van der Waals surface area contributed by atoms with Crippen LogP contribution < -0.4 is 11.1 Å². The fourth-order valence-corrected chi connectivity index (χ4v) is 2.62. The fraction of sp³-hybridized carbons (Fsp3) is 1.00. The summed E-state index contributed by atoms with van der Waals surface area (Å²) in [5, 5.41) is 3.40. The van der Waals surface area contributed by atoms with Gasteiger partial charge >= 0.3 is 0 Å². The Morgan fingerprint density at radius 2 is 2.09 bits per heavy atom. The summed E-state index contributed by atoms with van der Waals surface area (Å²) in [5.74, 6) is 0.838. The highest BCUT2D eigenvalue weighted by Gasteiger charge is 2.54. The monoisotopic (exact) mass is 154 g/mol.